The zero-order valence-corrected chi connectivity index (χ0v) is 17.1. The third kappa shape index (κ3) is 4.99. The Labute approximate surface area is 184 Å². The van der Waals surface area contributed by atoms with Crippen molar-refractivity contribution in [1.82, 2.24) is 4.90 Å². The van der Waals surface area contributed by atoms with Gasteiger partial charge in [0.1, 0.15) is 0 Å². The topological polar surface area (TPSA) is 20.3 Å². The Morgan fingerprint density at radius 2 is 0.943 bits per heavy atom. The number of amides is 1. The van der Waals surface area contributed by atoms with Crippen LogP contribution in [0.1, 0.15) is 19.8 Å². The summed E-state index contributed by atoms with van der Waals surface area (Å²) in [6, 6.07) is 0. The van der Waals surface area contributed by atoms with Gasteiger partial charge in [-0.25, -0.2) is 0 Å². The first kappa shape index (κ1) is 33.0. The fraction of sp³-hybridized carbons (Fsp3) is 0.812. The highest BCUT2D eigenvalue weighted by Gasteiger charge is 2.95. The first-order chi connectivity index (χ1) is 15.0. The fourth-order valence-electron chi connectivity index (χ4n) is 2.32. The number of nitrogens with zero attached hydrogens (tertiary/aromatic N) is 1. The van der Waals surface area contributed by atoms with E-state index in [1.165, 1.54) is 0 Å². The molecule has 0 heterocycles. The Kier molecular flexibility index (Phi) is 8.63. The molecule has 0 unspecified atom stereocenters. The second kappa shape index (κ2) is 9.15. The minimum absolute atomic E-state index is 0.241. The molecule has 0 aliphatic carbocycles. The van der Waals surface area contributed by atoms with Crippen molar-refractivity contribution in [3.63, 3.8) is 0 Å². The van der Waals surface area contributed by atoms with Crippen LogP contribution in [0.2, 0.25) is 0 Å². The molecule has 0 aromatic carbocycles. The molecule has 0 aromatic heterocycles. The third-order valence-corrected chi connectivity index (χ3v) is 4.48. The van der Waals surface area contributed by atoms with Crippen LogP contribution in [0.3, 0.4) is 0 Å². The second-order valence-electron chi connectivity index (χ2n) is 7.26. The Hall–Kier alpha value is -1.98. The van der Waals surface area contributed by atoms with E-state index in [0.29, 0.717) is 4.90 Å². The van der Waals surface area contributed by atoms with Crippen molar-refractivity contribution in [3.8, 4) is 0 Å². The van der Waals surface area contributed by atoms with E-state index in [1.807, 2.05) is 0 Å². The van der Waals surface area contributed by atoms with Crippen molar-refractivity contribution in [1.29, 1.82) is 0 Å². The van der Waals surface area contributed by atoms with Gasteiger partial charge in [-0.1, -0.05) is 6.58 Å². The average molecular weight is 559 g/mol. The normalized spacial score (nSPS) is 15.3. The summed E-state index contributed by atoms with van der Waals surface area (Å²) >= 11 is 0. The highest BCUT2D eigenvalue weighted by molar-refractivity contribution is 5.91. The summed E-state index contributed by atoms with van der Waals surface area (Å²) in [6.45, 7) is 3.23. The summed E-state index contributed by atoms with van der Waals surface area (Å²) in [6.07, 6.45) is -11.8. The highest BCUT2D eigenvalue weighted by atomic mass is 19.4. The van der Waals surface area contributed by atoms with E-state index in [4.69, 9.17) is 0 Å². The van der Waals surface area contributed by atoms with E-state index >= 15 is 0 Å². The van der Waals surface area contributed by atoms with Crippen LogP contribution in [0.15, 0.2) is 12.2 Å². The first-order valence-electron chi connectivity index (χ1n) is 8.61. The molecule has 0 rings (SSSR count). The maximum atomic E-state index is 13.7. The Bertz CT molecular complexity index is 798. The highest BCUT2D eigenvalue weighted by Crippen LogP contribution is 2.64. The number of carbonyl (C=O) groups excluding carboxylic acids is 1. The number of halogens is 17. The van der Waals surface area contributed by atoms with E-state index in [-0.39, 0.29) is 5.57 Å². The number of likely N-dealkylation sites (N-methyl/N-ethyl adjacent to an activating group) is 1. The predicted molar refractivity (Wildman–Crippen MR) is 82.4 cm³/mol. The molecule has 0 atom stereocenters. The molecular formula is C16H14F17NO. The van der Waals surface area contributed by atoms with Crippen molar-refractivity contribution in [3.05, 3.63) is 12.2 Å². The van der Waals surface area contributed by atoms with Gasteiger partial charge in [0.15, 0.2) is 0 Å². The monoisotopic (exact) mass is 559 g/mol. The van der Waals surface area contributed by atoms with Crippen molar-refractivity contribution in [2.24, 2.45) is 0 Å². The maximum absolute atomic E-state index is 13.7. The molecule has 0 N–H and O–H groups in total. The van der Waals surface area contributed by atoms with E-state index in [9.17, 15) is 79.4 Å². The summed E-state index contributed by atoms with van der Waals surface area (Å²) in [4.78, 5) is 11.9. The van der Waals surface area contributed by atoms with Gasteiger partial charge in [0.25, 0.3) is 0 Å². The largest absolute Gasteiger partial charge is 0.460 e. The molecule has 0 spiro atoms. The van der Waals surface area contributed by atoms with E-state index < -0.39 is 72.9 Å². The Balaban J connectivity index is 6.26. The fourth-order valence-corrected chi connectivity index (χ4v) is 2.32. The van der Waals surface area contributed by atoms with E-state index in [1.54, 1.807) is 0 Å². The number of rotatable bonds is 11. The molecule has 1 amide bonds. The number of hydrogen-bond donors (Lipinski definition) is 0. The number of alkyl halides is 17. The van der Waals surface area contributed by atoms with Crippen LogP contribution in [0, 0.1) is 0 Å². The van der Waals surface area contributed by atoms with Gasteiger partial charge in [-0.2, -0.15) is 74.6 Å². The lowest BCUT2D eigenvalue weighted by atomic mass is 9.88. The summed E-state index contributed by atoms with van der Waals surface area (Å²) in [5, 5.41) is 0. The SMILES string of the molecule is C=C(C)C(=O)N(C)CCCC(F)(F)C(F)(F)C(F)(F)C(F)(F)C(F)(F)C(F)(F)C(F)(F)C(F)(F)F. The zero-order valence-electron chi connectivity index (χ0n) is 17.1. The third-order valence-electron chi connectivity index (χ3n) is 4.48. The van der Waals surface area contributed by atoms with Gasteiger partial charge in [-0.3, -0.25) is 4.79 Å². The van der Waals surface area contributed by atoms with Crippen LogP contribution in [-0.4, -0.2) is 72.0 Å². The van der Waals surface area contributed by atoms with Gasteiger partial charge >= 0.3 is 47.6 Å². The van der Waals surface area contributed by atoms with Crippen LogP contribution in [-0.2, 0) is 4.79 Å². The van der Waals surface area contributed by atoms with E-state index in [0.717, 1.165) is 14.0 Å². The Morgan fingerprint density at radius 1 is 0.629 bits per heavy atom. The smallest absolute Gasteiger partial charge is 0.342 e. The minimum atomic E-state index is -8.64. The maximum Gasteiger partial charge on any atom is 0.460 e. The van der Waals surface area contributed by atoms with E-state index in [2.05, 4.69) is 6.58 Å². The molecule has 0 aliphatic heterocycles. The minimum Gasteiger partial charge on any atom is -0.342 e. The van der Waals surface area contributed by atoms with Gasteiger partial charge in [0, 0.05) is 25.6 Å². The van der Waals surface area contributed by atoms with Crippen LogP contribution in [0.4, 0.5) is 74.6 Å². The lowest BCUT2D eigenvalue weighted by Crippen LogP contribution is -2.74. The Morgan fingerprint density at radius 3 is 1.26 bits per heavy atom. The molecular weight excluding hydrogens is 545 g/mol. The van der Waals surface area contributed by atoms with Crippen LogP contribution in [0.25, 0.3) is 0 Å². The van der Waals surface area contributed by atoms with Crippen LogP contribution < -0.4 is 0 Å². The van der Waals surface area contributed by atoms with Crippen molar-refractivity contribution < 1.29 is 79.4 Å². The molecule has 0 saturated carbocycles. The summed E-state index contributed by atoms with van der Waals surface area (Å²) < 4.78 is 223. The quantitative estimate of drug-likeness (QED) is 0.201. The molecule has 0 saturated heterocycles. The zero-order chi connectivity index (χ0) is 28.9. The van der Waals surface area contributed by atoms with Gasteiger partial charge in [0.05, 0.1) is 0 Å². The summed E-state index contributed by atoms with van der Waals surface area (Å²) in [5.74, 6) is -57.4. The molecule has 19 heteroatoms. The van der Waals surface area contributed by atoms with Gasteiger partial charge in [-0.05, 0) is 13.3 Å². The van der Waals surface area contributed by atoms with Crippen LogP contribution in [0.5, 0.6) is 0 Å². The molecule has 0 fully saturated rings. The van der Waals surface area contributed by atoms with Gasteiger partial charge in [0.2, 0.25) is 5.91 Å². The molecule has 35 heavy (non-hydrogen) atoms. The summed E-state index contributed by atoms with van der Waals surface area (Å²) in [5.41, 5.74) is -0.241. The average Bonchev–Trinajstić information content (AvgIpc) is 2.64. The van der Waals surface area contributed by atoms with Crippen molar-refractivity contribution in [2.45, 2.75) is 67.4 Å². The summed E-state index contributed by atoms with van der Waals surface area (Å²) in [7, 11) is 0.847. The molecule has 0 bridgehead atoms. The van der Waals surface area contributed by atoms with Gasteiger partial charge in [-0.15, -0.1) is 0 Å². The predicted octanol–water partition coefficient (Wildman–Crippen LogP) is 6.81. The molecule has 0 radical (unpaired) electrons. The standard InChI is InChI=1S/C16H14F17NO/c1-7(2)8(35)34(3)6-4-5-9(17,18)10(19,20)11(21,22)12(23,24)13(25,26)14(27,28)15(29,30)16(31,32)33/h1,4-6H2,2-3H3. The molecule has 2 nitrogen and oxygen atoms in total. The lowest BCUT2D eigenvalue weighted by molar-refractivity contribution is -0.461. The van der Waals surface area contributed by atoms with Crippen LogP contribution >= 0.6 is 0 Å². The molecule has 0 aromatic rings. The van der Waals surface area contributed by atoms with Crippen molar-refractivity contribution >= 4 is 5.91 Å². The first-order valence-corrected chi connectivity index (χ1v) is 8.61. The van der Waals surface area contributed by atoms with Crippen molar-refractivity contribution in [2.75, 3.05) is 13.6 Å². The molecule has 0 aliphatic rings. The number of carbonyl (C=O) groups is 1. The molecule has 208 valence electrons. The van der Waals surface area contributed by atoms with Gasteiger partial charge < -0.3 is 4.90 Å². The second-order valence-corrected chi connectivity index (χ2v) is 7.26. The lowest BCUT2D eigenvalue weighted by Gasteiger charge is -2.42. The number of hydrogen-bond acceptors (Lipinski definition) is 1.